The van der Waals surface area contributed by atoms with Gasteiger partial charge in [-0.3, -0.25) is 14.4 Å². The van der Waals surface area contributed by atoms with Crippen LogP contribution in [0.5, 0.6) is 0 Å². The number of halogens is 2. The molecule has 0 aromatic rings. The fraction of sp³-hybridized carbons (Fsp3) is 0.769. The average molecular weight is 290 g/mol. The van der Waals surface area contributed by atoms with E-state index < -0.39 is 30.7 Å². The molecule has 0 radical (unpaired) electrons. The minimum Gasteiger partial charge on any atom is -0.344 e. The van der Waals surface area contributed by atoms with Crippen LogP contribution in [-0.2, 0) is 14.4 Å². The first-order valence-corrected chi connectivity index (χ1v) is 6.80. The Balaban J connectivity index is 2.60. The highest BCUT2D eigenvalue weighted by Gasteiger charge is 2.31. The van der Waals surface area contributed by atoms with Crippen LogP contribution in [0.4, 0.5) is 8.78 Å². The first-order valence-electron chi connectivity index (χ1n) is 6.80. The molecule has 7 heteroatoms. The summed E-state index contributed by atoms with van der Waals surface area (Å²) < 4.78 is 24.0. The topological polar surface area (TPSA) is 66.5 Å². The van der Waals surface area contributed by atoms with E-state index in [-0.39, 0.29) is 6.04 Å². The van der Waals surface area contributed by atoms with E-state index in [1.807, 2.05) is 5.32 Å². The van der Waals surface area contributed by atoms with Gasteiger partial charge in [-0.05, 0) is 19.8 Å². The van der Waals surface area contributed by atoms with Crippen molar-refractivity contribution in [2.75, 3.05) is 6.54 Å². The number of rotatable bonds is 7. The highest BCUT2D eigenvalue weighted by molar-refractivity contribution is 6.38. The van der Waals surface area contributed by atoms with E-state index in [0.717, 1.165) is 32.1 Å². The number of carbonyl (C=O) groups is 3. The minimum absolute atomic E-state index is 0.0527. The Bertz CT molecular complexity index is 358. The number of alkyl halides is 2. The fourth-order valence-electron chi connectivity index (χ4n) is 2.45. The molecule has 1 rings (SSSR count). The zero-order valence-corrected chi connectivity index (χ0v) is 11.5. The summed E-state index contributed by atoms with van der Waals surface area (Å²) in [6.45, 7) is 0.592. The van der Waals surface area contributed by atoms with E-state index in [1.54, 1.807) is 0 Å². The van der Waals surface area contributed by atoms with Crippen molar-refractivity contribution in [1.29, 1.82) is 0 Å². The van der Waals surface area contributed by atoms with Crippen molar-refractivity contribution < 1.29 is 23.2 Å². The molecule has 20 heavy (non-hydrogen) atoms. The van der Waals surface area contributed by atoms with Crippen LogP contribution in [0.15, 0.2) is 0 Å². The van der Waals surface area contributed by atoms with Gasteiger partial charge in [0.1, 0.15) is 0 Å². The predicted octanol–water partition coefficient (Wildman–Crippen LogP) is 1.12. The Labute approximate surface area is 116 Å². The smallest absolute Gasteiger partial charge is 0.289 e. The normalized spacial score (nSPS) is 17.6. The molecule has 0 bridgehead atoms. The Kier molecular flexibility index (Phi) is 6.54. The molecule has 0 saturated heterocycles. The summed E-state index contributed by atoms with van der Waals surface area (Å²) in [5.41, 5.74) is 0. The second-order valence-electron chi connectivity index (χ2n) is 4.99. The summed E-state index contributed by atoms with van der Waals surface area (Å²) in [7, 11) is 0. The van der Waals surface area contributed by atoms with Crippen molar-refractivity contribution in [3.63, 3.8) is 0 Å². The third-order valence-corrected chi connectivity index (χ3v) is 3.59. The summed E-state index contributed by atoms with van der Waals surface area (Å²) >= 11 is 0. The monoisotopic (exact) mass is 290 g/mol. The van der Waals surface area contributed by atoms with Crippen LogP contribution in [0.1, 0.15) is 39.0 Å². The van der Waals surface area contributed by atoms with E-state index in [9.17, 15) is 23.2 Å². The van der Waals surface area contributed by atoms with Gasteiger partial charge in [0.2, 0.25) is 12.2 Å². The number of hydrogen-bond acceptors (Lipinski definition) is 3. The molecule has 114 valence electrons. The number of nitrogens with one attached hydrogen (secondary N) is 1. The van der Waals surface area contributed by atoms with Crippen molar-refractivity contribution in [3.8, 4) is 0 Å². The second kappa shape index (κ2) is 7.91. The summed E-state index contributed by atoms with van der Waals surface area (Å²) in [4.78, 5) is 35.8. The van der Waals surface area contributed by atoms with Crippen LogP contribution in [-0.4, -0.2) is 48.1 Å². The van der Waals surface area contributed by atoms with Crippen molar-refractivity contribution in [2.45, 2.75) is 57.5 Å². The van der Waals surface area contributed by atoms with E-state index in [4.69, 9.17) is 0 Å². The van der Waals surface area contributed by atoms with Crippen LogP contribution in [0.25, 0.3) is 0 Å². The lowest BCUT2D eigenvalue weighted by atomic mass is 9.93. The van der Waals surface area contributed by atoms with Gasteiger partial charge in [0.15, 0.2) is 0 Å². The van der Waals surface area contributed by atoms with Crippen LogP contribution in [0.3, 0.4) is 0 Å². The van der Waals surface area contributed by atoms with Gasteiger partial charge >= 0.3 is 0 Å². The number of ketones is 1. The van der Waals surface area contributed by atoms with Gasteiger partial charge in [-0.2, -0.15) is 0 Å². The maximum atomic E-state index is 12.0. The second-order valence-corrected chi connectivity index (χ2v) is 4.99. The highest BCUT2D eigenvalue weighted by Crippen LogP contribution is 2.23. The standard InChI is InChI=1S/C13H20F2N2O3/c1-9(12(19)13(20)16-7-11(14)15)17(8-18)10-5-3-2-4-6-10/h8-11H,2-7H2,1H3,(H,16,20). The minimum atomic E-state index is -2.71. The SMILES string of the molecule is CC(C(=O)C(=O)NCC(F)F)N(C=O)C1CCCCC1. The Morgan fingerprint density at radius 3 is 2.40 bits per heavy atom. The molecular weight excluding hydrogens is 270 g/mol. The third-order valence-electron chi connectivity index (χ3n) is 3.59. The first kappa shape index (κ1) is 16.5. The van der Waals surface area contributed by atoms with Crippen LogP contribution in [0.2, 0.25) is 0 Å². The number of nitrogens with zero attached hydrogens (tertiary/aromatic N) is 1. The first-order chi connectivity index (χ1) is 9.47. The maximum absolute atomic E-state index is 12.0. The number of amides is 2. The Hall–Kier alpha value is -1.53. The third kappa shape index (κ3) is 4.54. The molecule has 1 N–H and O–H groups in total. The lowest BCUT2D eigenvalue weighted by molar-refractivity contribution is -0.143. The number of hydrogen-bond donors (Lipinski definition) is 1. The average Bonchev–Trinajstić information content (AvgIpc) is 2.45. The largest absolute Gasteiger partial charge is 0.344 e. The van der Waals surface area contributed by atoms with Crippen LogP contribution in [0, 0.1) is 0 Å². The maximum Gasteiger partial charge on any atom is 0.289 e. The quantitative estimate of drug-likeness (QED) is 0.564. The number of Topliss-reactive ketones (excluding diaryl/α,β-unsaturated/α-hetero) is 1. The molecule has 1 atom stereocenters. The van der Waals surface area contributed by atoms with Gasteiger partial charge in [0.05, 0.1) is 12.6 Å². The van der Waals surface area contributed by atoms with Gasteiger partial charge in [-0.25, -0.2) is 8.78 Å². The molecule has 0 heterocycles. The molecule has 1 aliphatic carbocycles. The Morgan fingerprint density at radius 1 is 1.30 bits per heavy atom. The zero-order chi connectivity index (χ0) is 15.1. The molecule has 1 saturated carbocycles. The summed E-state index contributed by atoms with van der Waals surface area (Å²) in [5.74, 6) is -1.93. The van der Waals surface area contributed by atoms with Crippen molar-refractivity contribution in [3.05, 3.63) is 0 Å². The van der Waals surface area contributed by atoms with Gasteiger partial charge in [-0.1, -0.05) is 19.3 Å². The summed E-state index contributed by atoms with van der Waals surface area (Å²) in [5, 5.41) is 1.86. The molecule has 0 aliphatic heterocycles. The lowest BCUT2D eigenvalue weighted by Gasteiger charge is -2.34. The number of carbonyl (C=O) groups excluding carboxylic acids is 3. The molecule has 0 aromatic carbocycles. The van der Waals surface area contributed by atoms with Gasteiger partial charge in [0, 0.05) is 6.04 Å². The van der Waals surface area contributed by atoms with E-state index in [1.165, 1.54) is 11.8 Å². The highest BCUT2D eigenvalue weighted by atomic mass is 19.3. The zero-order valence-electron chi connectivity index (χ0n) is 11.5. The van der Waals surface area contributed by atoms with Crippen LogP contribution >= 0.6 is 0 Å². The molecule has 0 aromatic heterocycles. The van der Waals surface area contributed by atoms with Crippen LogP contribution < -0.4 is 5.32 Å². The molecule has 1 aliphatic rings. The fourth-order valence-corrected chi connectivity index (χ4v) is 2.45. The molecule has 1 fully saturated rings. The van der Waals surface area contributed by atoms with E-state index >= 15 is 0 Å². The Morgan fingerprint density at radius 2 is 1.90 bits per heavy atom. The van der Waals surface area contributed by atoms with Gasteiger partial charge in [0.25, 0.3) is 12.3 Å². The molecule has 0 spiro atoms. The molecule has 2 amide bonds. The molecule has 1 unspecified atom stereocenters. The van der Waals surface area contributed by atoms with E-state index in [0.29, 0.717) is 6.41 Å². The van der Waals surface area contributed by atoms with Gasteiger partial charge in [-0.15, -0.1) is 0 Å². The van der Waals surface area contributed by atoms with Crippen molar-refractivity contribution in [1.82, 2.24) is 10.2 Å². The van der Waals surface area contributed by atoms with Crippen molar-refractivity contribution >= 4 is 18.1 Å². The molecular formula is C13H20F2N2O3. The van der Waals surface area contributed by atoms with Crippen molar-refractivity contribution in [2.24, 2.45) is 0 Å². The lowest BCUT2D eigenvalue weighted by Crippen LogP contribution is -2.50. The van der Waals surface area contributed by atoms with Gasteiger partial charge < -0.3 is 10.2 Å². The summed E-state index contributed by atoms with van der Waals surface area (Å²) in [6, 6.07) is -0.976. The molecule has 5 nitrogen and oxygen atoms in total. The van der Waals surface area contributed by atoms with E-state index in [2.05, 4.69) is 0 Å². The summed E-state index contributed by atoms with van der Waals surface area (Å²) in [6.07, 6.45) is 2.52. The predicted molar refractivity (Wildman–Crippen MR) is 68.3 cm³/mol.